The van der Waals surface area contributed by atoms with Gasteiger partial charge in [0.15, 0.2) is 5.65 Å². The highest BCUT2D eigenvalue weighted by Gasteiger charge is 2.24. The molecular weight excluding hydrogens is 535 g/mol. The summed E-state index contributed by atoms with van der Waals surface area (Å²) in [5.74, 6) is -0.633. The van der Waals surface area contributed by atoms with E-state index >= 15 is 0 Å². The zero-order chi connectivity index (χ0) is 28.3. The number of aromatic nitrogens is 5. The second-order valence-electron chi connectivity index (χ2n) is 9.35. The molecule has 1 atom stereocenters. The number of hydrogen-bond acceptors (Lipinski definition) is 6. The first kappa shape index (κ1) is 27.0. The minimum Gasteiger partial charge on any atom is -0.336 e. The molecule has 0 radical (unpaired) electrons. The van der Waals surface area contributed by atoms with Gasteiger partial charge < -0.3 is 4.98 Å². The number of imidazole rings is 1. The van der Waals surface area contributed by atoms with Crippen LogP contribution in [0.4, 0.5) is 10.1 Å². The summed E-state index contributed by atoms with van der Waals surface area (Å²) in [6.45, 7) is 2.37. The number of fused-ring (bicyclic) bond motifs is 1. The van der Waals surface area contributed by atoms with Crippen LogP contribution in [0.3, 0.4) is 0 Å². The highest BCUT2D eigenvalue weighted by molar-refractivity contribution is 7.92. The molecule has 10 nitrogen and oxygen atoms in total. The Bertz CT molecular complexity index is 1870. The largest absolute Gasteiger partial charge is 0.336 e. The number of halogens is 1. The minimum absolute atomic E-state index is 0.0270. The number of pyridine rings is 1. The zero-order valence-electron chi connectivity index (χ0n) is 21.6. The van der Waals surface area contributed by atoms with E-state index in [0.29, 0.717) is 35.6 Å². The van der Waals surface area contributed by atoms with Crippen molar-refractivity contribution in [1.82, 2.24) is 24.5 Å². The minimum atomic E-state index is -3.89. The first-order valence-corrected chi connectivity index (χ1v) is 14.2. The van der Waals surface area contributed by atoms with Gasteiger partial charge in [-0.1, -0.05) is 43.7 Å². The van der Waals surface area contributed by atoms with E-state index in [0.717, 1.165) is 6.42 Å². The Morgan fingerprint density at radius 1 is 1.02 bits per heavy atom. The van der Waals surface area contributed by atoms with Gasteiger partial charge in [0.1, 0.15) is 17.2 Å². The SMILES string of the molecule is CCCCn1c(=O)[nH]c(=O)c2[nH]c(C(Cc3ccccc3F)c3ccc(S(=O)(=O)Nc4cccnc4)cc3)nc21. The topological polar surface area (TPSA) is 143 Å². The summed E-state index contributed by atoms with van der Waals surface area (Å²) in [6.07, 6.45) is 4.66. The summed E-state index contributed by atoms with van der Waals surface area (Å²) in [5, 5.41) is 0. The molecule has 3 heterocycles. The highest BCUT2D eigenvalue weighted by Crippen LogP contribution is 2.30. The number of nitrogens with zero attached hydrogens (tertiary/aromatic N) is 3. The Morgan fingerprint density at radius 3 is 2.50 bits per heavy atom. The number of benzene rings is 2. The molecule has 0 aliphatic carbocycles. The first-order chi connectivity index (χ1) is 19.3. The summed E-state index contributed by atoms with van der Waals surface area (Å²) in [5.41, 5.74) is 0.594. The third-order valence-electron chi connectivity index (χ3n) is 6.61. The van der Waals surface area contributed by atoms with Crippen LogP contribution in [0.1, 0.15) is 42.6 Å². The zero-order valence-corrected chi connectivity index (χ0v) is 22.4. The van der Waals surface area contributed by atoms with Crippen LogP contribution in [0, 0.1) is 5.82 Å². The van der Waals surface area contributed by atoms with Crippen molar-refractivity contribution in [3.8, 4) is 0 Å². The lowest BCUT2D eigenvalue weighted by atomic mass is 9.91. The second kappa shape index (κ2) is 11.3. The Labute approximate surface area is 229 Å². The van der Waals surface area contributed by atoms with Crippen LogP contribution in [0.25, 0.3) is 11.2 Å². The van der Waals surface area contributed by atoms with Gasteiger partial charge in [0.05, 0.1) is 16.8 Å². The number of hydrogen-bond donors (Lipinski definition) is 3. The lowest BCUT2D eigenvalue weighted by Gasteiger charge is -2.17. The number of anilines is 1. The first-order valence-electron chi connectivity index (χ1n) is 12.8. The lowest BCUT2D eigenvalue weighted by Crippen LogP contribution is -2.30. The predicted molar refractivity (Wildman–Crippen MR) is 149 cm³/mol. The van der Waals surface area contributed by atoms with E-state index in [-0.39, 0.29) is 22.5 Å². The molecule has 0 bridgehead atoms. The molecule has 3 aromatic heterocycles. The summed E-state index contributed by atoms with van der Waals surface area (Å²) in [7, 11) is -3.89. The molecule has 0 saturated heterocycles. The third kappa shape index (κ3) is 5.57. The van der Waals surface area contributed by atoms with Gasteiger partial charge in [-0.15, -0.1) is 0 Å². The van der Waals surface area contributed by atoms with Crippen LogP contribution in [-0.4, -0.2) is 32.9 Å². The molecule has 5 rings (SSSR count). The summed E-state index contributed by atoms with van der Waals surface area (Å²) in [6, 6.07) is 15.7. The highest BCUT2D eigenvalue weighted by atomic mass is 32.2. The maximum absolute atomic E-state index is 14.7. The predicted octanol–water partition coefficient (Wildman–Crippen LogP) is 3.92. The van der Waals surface area contributed by atoms with Gasteiger partial charge in [-0.05, 0) is 54.3 Å². The number of aromatic amines is 2. The van der Waals surface area contributed by atoms with E-state index in [1.165, 1.54) is 35.2 Å². The van der Waals surface area contributed by atoms with Crippen molar-refractivity contribution in [1.29, 1.82) is 0 Å². The van der Waals surface area contributed by atoms with Crippen molar-refractivity contribution < 1.29 is 12.8 Å². The van der Waals surface area contributed by atoms with Crippen molar-refractivity contribution in [2.45, 2.75) is 43.5 Å². The average Bonchev–Trinajstić information content (AvgIpc) is 3.39. The fraction of sp³-hybridized carbons (Fsp3) is 0.214. The van der Waals surface area contributed by atoms with Gasteiger partial charge in [0.25, 0.3) is 15.6 Å². The maximum atomic E-state index is 14.7. The average molecular weight is 563 g/mol. The van der Waals surface area contributed by atoms with Crippen molar-refractivity contribution in [2.75, 3.05) is 4.72 Å². The lowest BCUT2D eigenvalue weighted by molar-refractivity contribution is 0.598. The molecule has 0 saturated carbocycles. The number of aryl methyl sites for hydroxylation is 1. The van der Waals surface area contributed by atoms with Crippen LogP contribution in [0.15, 0.2) is 87.5 Å². The van der Waals surface area contributed by atoms with E-state index in [9.17, 15) is 22.4 Å². The Balaban J connectivity index is 1.57. The molecule has 0 aliphatic heterocycles. The van der Waals surface area contributed by atoms with Crippen LogP contribution in [-0.2, 0) is 23.0 Å². The quantitative estimate of drug-likeness (QED) is 0.235. The van der Waals surface area contributed by atoms with Gasteiger partial charge in [-0.25, -0.2) is 22.6 Å². The third-order valence-corrected chi connectivity index (χ3v) is 8.00. The van der Waals surface area contributed by atoms with Crippen molar-refractivity contribution in [3.63, 3.8) is 0 Å². The van der Waals surface area contributed by atoms with E-state index in [4.69, 9.17) is 0 Å². The maximum Gasteiger partial charge on any atom is 0.330 e. The smallest absolute Gasteiger partial charge is 0.330 e. The van der Waals surface area contributed by atoms with Gasteiger partial charge in [-0.2, -0.15) is 0 Å². The number of nitrogens with one attached hydrogen (secondary N) is 3. The van der Waals surface area contributed by atoms with E-state index in [2.05, 4.69) is 24.7 Å². The molecule has 0 fully saturated rings. The van der Waals surface area contributed by atoms with E-state index in [1.807, 2.05) is 6.92 Å². The molecule has 0 aliphatic rings. The van der Waals surface area contributed by atoms with Gasteiger partial charge in [0.2, 0.25) is 0 Å². The van der Waals surface area contributed by atoms with Gasteiger partial charge in [0, 0.05) is 18.7 Å². The Kier molecular flexibility index (Phi) is 7.60. The van der Waals surface area contributed by atoms with E-state index in [1.54, 1.807) is 42.5 Å². The number of unbranched alkanes of at least 4 members (excludes halogenated alkanes) is 1. The van der Waals surface area contributed by atoms with Crippen molar-refractivity contribution in [2.24, 2.45) is 0 Å². The van der Waals surface area contributed by atoms with Gasteiger partial charge in [-0.3, -0.25) is 24.1 Å². The molecule has 2 aromatic carbocycles. The van der Waals surface area contributed by atoms with Crippen LogP contribution < -0.4 is 16.0 Å². The monoisotopic (exact) mass is 562 g/mol. The van der Waals surface area contributed by atoms with Crippen LogP contribution in [0.2, 0.25) is 0 Å². The standard InChI is InChI=1S/C28H27FN6O4S/c1-2-3-15-35-26-24(27(36)33-28(35)37)31-25(32-26)22(16-19-7-4-5-9-23(19)29)18-10-12-21(13-11-18)40(38,39)34-20-8-6-14-30-17-20/h4-14,17,22,34H,2-3,15-16H2,1H3,(H,31,32)(H,33,36,37). The molecule has 12 heteroatoms. The normalized spacial score (nSPS) is 12.4. The molecule has 1 unspecified atom stereocenters. The summed E-state index contributed by atoms with van der Waals surface area (Å²) >= 11 is 0. The van der Waals surface area contributed by atoms with E-state index < -0.39 is 33.0 Å². The fourth-order valence-corrected chi connectivity index (χ4v) is 5.56. The number of H-pyrrole nitrogens is 2. The molecule has 40 heavy (non-hydrogen) atoms. The molecule has 5 aromatic rings. The van der Waals surface area contributed by atoms with Crippen LogP contribution >= 0.6 is 0 Å². The van der Waals surface area contributed by atoms with Crippen LogP contribution in [0.5, 0.6) is 0 Å². The number of rotatable bonds is 10. The van der Waals surface area contributed by atoms with Crippen molar-refractivity contribution in [3.05, 3.63) is 117 Å². The second-order valence-corrected chi connectivity index (χ2v) is 11.0. The molecular formula is C28H27FN6O4S. The Morgan fingerprint density at radius 2 is 1.80 bits per heavy atom. The molecule has 0 spiro atoms. The molecule has 3 N–H and O–H groups in total. The Hall–Kier alpha value is -4.58. The molecule has 206 valence electrons. The van der Waals surface area contributed by atoms with Gasteiger partial charge >= 0.3 is 5.69 Å². The fourth-order valence-electron chi connectivity index (χ4n) is 4.52. The summed E-state index contributed by atoms with van der Waals surface area (Å²) in [4.78, 5) is 39.1. The molecule has 0 amide bonds. The van der Waals surface area contributed by atoms with Crippen molar-refractivity contribution >= 4 is 26.9 Å². The number of sulfonamides is 1. The summed E-state index contributed by atoms with van der Waals surface area (Å²) < 4.78 is 44.5.